The molecular weight excluding hydrogens is 531 g/mol. The molecule has 0 saturated carbocycles. The number of sulfonamides is 2. The van der Waals surface area contributed by atoms with Gasteiger partial charge in [-0.1, -0.05) is 26.2 Å². The van der Waals surface area contributed by atoms with Crippen LogP contribution in [0.2, 0.25) is 0 Å². The highest BCUT2D eigenvalue weighted by molar-refractivity contribution is 14.0. The second-order valence-electron chi connectivity index (χ2n) is 6.32. The van der Waals surface area contributed by atoms with E-state index < -0.39 is 20.0 Å². The van der Waals surface area contributed by atoms with Gasteiger partial charge in [-0.15, -0.1) is 24.0 Å². The van der Waals surface area contributed by atoms with Crippen molar-refractivity contribution in [3.05, 3.63) is 24.3 Å². The van der Waals surface area contributed by atoms with Gasteiger partial charge in [-0.2, -0.15) is 3.71 Å². The largest absolute Gasteiger partial charge is 0.492 e. The van der Waals surface area contributed by atoms with E-state index in [1.807, 2.05) is 0 Å². The maximum absolute atomic E-state index is 11.7. The number of ether oxygens (including phenoxy) is 1. The highest BCUT2D eigenvalue weighted by Crippen LogP contribution is 2.23. The number of hydrogen-bond acceptors (Lipinski definition) is 6. The molecule has 0 heterocycles. The molecule has 12 heteroatoms. The monoisotopic (exact) mass is 562 g/mol. The number of halogens is 1. The van der Waals surface area contributed by atoms with Crippen LogP contribution in [0.5, 0.6) is 5.75 Å². The summed E-state index contributed by atoms with van der Waals surface area (Å²) in [5, 5.41) is 2.95. The predicted octanol–water partition coefficient (Wildman–Crippen LogP) is 1.89. The summed E-state index contributed by atoms with van der Waals surface area (Å²) in [4.78, 5) is 4.23. The van der Waals surface area contributed by atoms with Gasteiger partial charge in [0.05, 0.1) is 24.7 Å². The van der Waals surface area contributed by atoms with Gasteiger partial charge in [-0.3, -0.25) is 4.99 Å². The maximum Gasteiger partial charge on any atom is 0.245 e. The summed E-state index contributed by atoms with van der Waals surface area (Å²) in [5.74, 6) is 0.843. The molecule has 1 aromatic rings. The van der Waals surface area contributed by atoms with Crippen LogP contribution in [0.4, 0.5) is 5.69 Å². The first-order chi connectivity index (χ1) is 13.1. The van der Waals surface area contributed by atoms with Gasteiger partial charge in [0.25, 0.3) is 0 Å². The summed E-state index contributed by atoms with van der Waals surface area (Å²) in [6.07, 6.45) is 6.19. The summed E-state index contributed by atoms with van der Waals surface area (Å²) in [5.41, 5.74) is 5.79. The number of nitrogens with two attached hydrogens (primary N) is 1. The van der Waals surface area contributed by atoms with Crippen LogP contribution < -0.4 is 19.5 Å². The Bertz CT molecular complexity index is 811. The fourth-order valence-electron chi connectivity index (χ4n) is 2.43. The minimum atomic E-state index is -3.96. The molecule has 0 aromatic heterocycles. The lowest BCUT2D eigenvalue weighted by Crippen LogP contribution is -2.35. The van der Waals surface area contributed by atoms with Crippen LogP contribution in [-0.2, 0) is 20.0 Å². The molecule has 0 unspecified atom stereocenters. The Morgan fingerprint density at radius 1 is 1.07 bits per heavy atom. The average molecular weight is 562 g/mol. The maximum atomic E-state index is 11.7. The van der Waals surface area contributed by atoms with Crippen molar-refractivity contribution in [2.45, 2.75) is 32.6 Å². The fraction of sp³-hybridized carbons (Fsp3) is 0.588. The smallest absolute Gasteiger partial charge is 0.245 e. The third kappa shape index (κ3) is 10.9. The standard InChI is InChI=1S/C17H30N4O5S2.HI/c1-4-5-6-7-12-19-17(18)20-13-14-26-16-10-8-15(9-11-16)21(27(2,22)23)28(3,24)25;/h8-11H,4-7,12-14H2,1-3H3,(H3,18,19,20);1H. The number of anilines is 1. The van der Waals surface area contributed by atoms with Crippen LogP contribution in [0, 0.1) is 0 Å². The minimum absolute atomic E-state index is 0. The van der Waals surface area contributed by atoms with Gasteiger partial charge in [0.2, 0.25) is 20.0 Å². The van der Waals surface area contributed by atoms with Gasteiger partial charge >= 0.3 is 0 Å². The van der Waals surface area contributed by atoms with Crippen LogP contribution in [-0.4, -0.2) is 55.0 Å². The van der Waals surface area contributed by atoms with Gasteiger partial charge in [-0.05, 0) is 30.7 Å². The van der Waals surface area contributed by atoms with E-state index in [4.69, 9.17) is 10.5 Å². The van der Waals surface area contributed by atoms with Crippen molar-refractivity contribution >= 4 is 55.7 Å². The second-order valence-corrected chi connectivity index (χ2v) is 10.2. The minimum Gasteiger partial charge on any atom is -0.492 e. The zero-order valence-corrected chi connectivity index (χ0v) is 21.0. The quantitative estimate of drug-likeness (QED) is 0.172. The molecule has 0 aliphatic heterocycles. The molecule has 0 amide bonds. The first-order valence-corrected chi connectivity index (χ1v) is 12.7. The van der Waals surface area contributed by atoms with Crippen molar-refractivity contribution in [2.75, 3.05) is 35.9 Å². The first kappa shape index (κ1) is 27.7. The van der Waals surface area contributed by atoms with Crippen molar-refractivity contribution < 1.29 is 21.6 Å². The summed E-state index contributed by atoms with van der Waals surface area (Å²) >= 11 is 0. The second kappa shape index (κ2) is 13.1. The predicted molar refractivity (Wildman–Crippen MR) is 128 cm³/mol. The zero-order chi connectivity index (χ0) is 21.2. The van der Waals surface area contributed by atoms with E-state index >= 15 is 0 Å². The van der Waals surface area contributed by atoms with Gasteiger partial charge < -0.3 is 15.8 Å². The van der Waals surface area contributed by atoms with Gasteiger partial charge in [-0.25, -0.2) is 16.8 Å². The molecule has 168 valence electrons. The molecule has 1 rings (SSSR count). The molecule has 0 atom stereocenters. The summed E-state index contributed by atoms with van der Waals surface area (Å²) < 4.78 is 52.9. The molecule has 1 aromatic carbocycles. The average Bonchev–Trinajstić information content (AvgIpc) is 2.57. The van der Waals surface area contributed by atoms with Crippen LogP contribution in [0.25, 0.3) is 0 Å². The number of nitrogens with zero attached hydrogens (tertiary/aromatic N) is 2. The summed E-state index contributed by atoms with van der Waals surface area (Å²) in [6.45, 7) is 3.61. The Kier molecular flexibility index (Phi) is 12.5. The van der Waals surface area contributed by atoms with E-state index in [9.17, 15) is 16.8 Å². The topological polar surface area (TPSA) is 131 Å². The van der Waals surface area contributed by atoms with E-state index in [2.05, 4.69) is 17.2 Å². The highest BCUT2D eigenvalue weighted by atomic mass is 127. The SMILES string of the molecule is CCCCCCN=C(N)NCCOc1ccc(N(S(C)(=O)=O)S(C)(=O)=O)cc1.I. The molecule has 0 aliphatic carbocycles. The van der Waals surface area contributed by atoms with Crippen molar-refractivity contribution in [3.8, 4) is 5.75 Å². The lowest BCUT2D eigenvalue weighted by molar-refractivity contribution is 0.322. The van der Waals surface area contributed by atoms with E-state index in [0.717, 1.165) is 25.4 Å². The normalized spacial score (nSPS) is 12.2. The van der Waals surface area contributed by atoms with Crippen LogP contribution in [0.15, 0.2) is 29.3 Å². The number of aliphatic imine (C=N–C) groups is 1. The molecule has 3 N–H and O–H groups in total. The molecule has 9 nitrogen and oxygen atoms in total. The Balaban J connectivity index is 0.00000784. The fourth-order valence-corrected chi connectivity index (χ4v) is 5.41. The number of nitrogens with one attached hydrogen (secondary N) is 1. The van der Waals surface area contributed by atoms with Crippen molar-refractivity contribution in [1.82, 2.24) is 5.32 Å². The Hall–Kier alpha value is -1.28. The van der Waals surface area contributed by atoms with E-state index in [0.29, 0.717) is 35.1 Å². The van der Waals surface area contributed by atoms with E-state index in [-0.39, 0.29) is 29.7 Å². The lowest BCUT2D eigenvalue weighted by atomic mass is 10.2. The number of guanidine groups is 1. The third-order valence-corrected chi connectivity index (χ3v) is 6.87. The van der Waals surface area contributed by atoms with Crippen molar-refractivity contribution in [3.63, 3.8) is 0 Å². The first-order valence-electron chi connectivity index (χ1n) is 9.03. The number of unbranched alkanes of at least 4 members (excludes halogenated alkanes) is 3. The van der Waals surface area contributed by atoms with Crippen LogP contribution >= 0.6 is 24.0 Å². The third-order valence-electron chi connectivity index (χ3n) is 3.62. The van der Waals surface area contributed by atoms with Gasteiger partial charge in [0.1, 0.15) is 12.4 Å². The molecule has 29 heavy (non-hydrogen) atoms. The van der Waals surface area contributed by atoms with Crippen LogP contribution in [0.3, 0.4) is 0 Å². The van der Waals surface area contributed by atoms with Crippen molar-refractivity contribution in [2.24, 2.45) is 10.7 Å². The number of rotatable bonds is 12. The molecule has 0 spiro atoms. The summed E-state index contributed by atoms with van der Waals surface area (Å²) in [7, 11) is -7.93. The Morgan fingerprint density at radius 3 is 2.17 bits per heavy atom. The Labute approximate surface area is 191 Å². The molecule has 0 fully saturated rings. The number of hydrogen-bond donors (Lipinski definition) is 2. The highest BCUT2D eigenvalue weighted by Gasteiger charge is 2.27. The molecule has 0 bridgehead atoms. The van der Waals surface area contributed by atoms with E-state index in [1.165, 1.54) is 37.1 Å². The van der Waals surface area contributed by atoms with E-state index in [1.54, 1.807) is 0 Å². The van der Waals surface area contributed by atoms with Crippen molar-refractivity contribution in [1.29, 1.82) is 0 Å². The Morgan fingerprint density at radius 2 is 1.66 bits per heavy atom. The molecule has 0 radical (unpaired) electrons. The molecule has 0 saturated heterocycles. The van der Waals surface area contributed by atoms with Crippen LogP contribution in [0.1, 0.15) is 32.6 Å². The number of benzene rings is 1. The van der Waals surface area contributed by atoms with Gasteiger partial charge in [0, 0.05) is 6.54 Å². The lowest BCUT2D eigenvalue weighted by Gasteiger charge is -2.19. The zero-order valence-electron chi connectivity index (χ0n) is 17.0. The molecular formula is C17H31IN4O5S2. The van der Waals surface area contributed by atoms with Gasteiger partial charge in [0.15, 0.2) is 5.96 Å². The molecule has 0 aliphatic rings. The summed E-state index contributed by atoms with van der Waals surface area (Å²) in [6, 6.07) is 5.75.